The summed E-state index contributed by atoms with van der Waals surface area (Å²) in [6, 6.07) is 17.1. The standard InChI is InChI=1S/C26H29N3OS/c1-17(2)14-29-25-13-20(31-3)9-8-18(25)12-19(26(29)30)15-28-11-10-22-21-6-4-5-7-23(21)27-24(22)16-28/h4-9,12-13,17,27H,10-11,14-16H2,1-3H3. The first-order chi connectivity index (χ1) is 15.0. The molecule has 0 bridgehead atoms. The maximum atomic E-state index is 13.5. The third-order valence-electron chi connectivity index (χ3n) is 6.28. The fourth-order valence-corrected chi connectivity index (χ4v) is 5.26. The Morgan fingerprint density at radius 2 is 1.97 bits per heavy atom. The predicted octanol–water partition coefficient (Wildman–Crippen LogP) is 5.42. The van der Waals surface area contributed by atoms with Crippen molar-refractivity contribution < 1.29 is 0 Å². The molecule has 0 saturated carbocycles. The highest BCUT2D eigenvalue weighted by molar-refractivity contribution is 7.98. The zero-order valence-electron chi connectivity index (χ0n) is 18.4. The lowest BCUT2D eigenvalue weighted by Gasteiger charge is -2.27. The summed E-state index contributed by atoms with van der Waals surface area (Å²) in [6.07, 6.45) is 3.10. The lowest BCUT2D eigenvalue weighted by atomic mass is 10.0. The van der Waals surface area contributed by atoms with Crippen molar-refractivity contribution in [3.8, 4) is 0 Å². The average Bonchev–Trinajstić information content (AvgIpc) is 3.14. The first-order valence-electron chi connectivity index (χ1n) is 11.0. The molecular formula is C26H29N3OS. The highest BCUT2D eigenvalue weighted by atomic mass is 32.2. The van der Waals surface area contributed by atoms with Crippen LogP contribution >= 0.6 is 11.8 Å². The minimum absolute atomic E-state index is 0.155. The van der Waals surface area contributed by atoms with Crippen molar-refractivity contribution in [2.45, 2.75) is 44.8 Å². The Hall–Kier alpha value is -2.50. The van der Waals surface area contributed by atoms with Crippen LogP contribution in [0.25, 0.3) is 21.8 Å². The van der Waals surface area contributed by atoms with Crippen LogP contribution in [0.5, 0.6) is 0 Å². The number of hydrogen-bond donors (Lipinski definition) is 1. The van der Waals surface area contributed by atoms with Gasteiger partial charge < -0.3 is 9.55 Å². The van der Waals surface area contributed by atoms with Crippen LogP contribution in [0.15, 0.2) is 58.2 Å². The fraction of sp³-hybridized carbons (Fsp3) is 0.346. The zero-order chi connectivity index (χ0) is 21.5. The van der Waals surface area contributed by atoms with Crippen LogP contribution in [0.1, 0.15) is 30.7 Å². The van der Waals surface area contributed by atoms with E-state index >= 15 is 0 Å². The molecular weight excluding hydrogens is 402 g/mol. The molecule has 3 heterocycles. The summed E-state index contributed by atoms with van der Waals surface area (Å²) >= 11 is 1.72. The Kier molecular flexibility index (Phi) is 5.40. The van der Waals surface area contributed by atoms with E-state index in [2.05, 4.69) is 78.5 Å². The van der Waals surface area contributed by atoms with Crippen LogP contribution in [-0.4, -0.2) is 27.3 Å². The van der Waals surface area contributed by atoms with Crippen molar-refractivity contribution >= 4 is 33.6 Å². The quantitative estimate of drug-likeness (QED) is 0.429. The number of pyridine rings is 1. The average molecular weight is 432 g/mol. The van der Waals surface area contributed by atoms with E-state index in [0.717, 1.165) is 42.5 Å². The predicted molar refractivity (Wildman–Crippen MR) is 131 cm³/mol. The van der Waals surface area contributed by atoms with Gasteiger partial charge in [0.2, 0.25) is 0 Å². The van der Waals surface area contributed by atoms with Gasteiger partial charge in [-0.15, -0.1) is 11.8 Å². The van der Waals surface area contributed by atoms with E-state index in [1.54, 1.807) is 11.8 Å². The van der Waals surface area contributed by atoms with Crippen molar-refractivity contribution in [3.05, 3.63) is 75.7 Å². The number of benzene rings is 2. The SMILES string of the molecule is CSc1ccc2cc(CN3CCc4c([nH]c5ccccc45)C3)c(=O)n(CC(C)C)c2c1. The number of aromatic nitrogens is 2. The Bertz CT molecular complexity index is 1320. The monoisotopic (exact) mass is 431 g/mol. The van der Waals surface area contributed by atoms with Crippen LogP contribution in [0.3, 0.4) is 0 Å². The number of hydrogen-bond acceptors (Lipinski definition) is 3. The van der Waals surface area contributed by atoms with Gasteiger partial charge in [-0.05, 0) is 53.8 Å². The summed E-state index contributed by atoms with van der Waals surface area (Å²) in [5.74, 6) is 0.415. The summed E-state index contributed by atoms with van der Waals surface area (Å²) in [7, 11) is 0. The molecule has 0 atom stereocenters. The highest BCUT2D eigenvalue weighted by Gasteiger charge is 2.22. The molecule has 0 saturated heterocycles. The van der Waals surface area contributed by atoms with Gasteiger partial charge in [-0.25, -0.2) is 0 Å². The number of nitrogens with zero attached hydrogens (tertiary/aromatic N) is 2. The maximum Gasteiger partial charge on any atom is 0.255 e. The van der Waals surface area contributed by atoms with Gasteiger partial charge in [-0.3, -0.25) is 9.69 Å². The molecule has 0 radical (unpaired) electrons. The molecule has 1 N–H and O–H groups in total. The molecule has 0 amide bonds. The molecule has 0 aliphatic carbocycles. The van der Waals surface area contributed by atoms with E-state index in [4.69, 9.17) is 0 Å². The van der Waals surface area contributed by atoms with Crippen molar-refractivity contribution in [2.75, 3.05) is 12.8 Å². The fourth-order valence-electron chi connectivity index (χ4n) is 4.82. The Morgan fingerprint density at radius 3 is 2.77 bits per heavy atom. The molecule has 0 spiro atoms. The molecule has 4 aromatic rings. The number of aromatic amines is 1. The van der Waals surface area contributed by atoms with Gasteiger partial charge in [0.1, 0.15) is 0 Å². The lowest BCUT2D eigenvalue weighted by Crippen LogP contribution is -2.34. The lowest BCUT2D eigenvalue weighted by molar-refractivity contribution is 0.242. The number of H-pyrrole nitrogens is 1. The maximum absolute atomic E-state index is 13.5. The van der Waals surface area contributed by atoms with Gasteiger partial charge in [0.05, 0.1) is 5.52 Å². The smallest absolute Gasteiger partial charge is 0.255 e. The molecule has 1 aliphatic rings. The molecule has 5 heteroatoms. The van der Waals surface area contributed by atoms with E-state index in [9.17, 15) is 4.79 Å². The minimum Gasteiger partial charge on any atom is -0.357 e. The summed E-state index contributed by atoms with van der Waals surface area (Å²) in [4.78, 5) is 20.7. The topological polar surface area (TPSA) is 41.0 Å². The molecule has 31 heavy (non-hydrogen) atoms. The third-order valence-corrected chi connectivity index (χ3v) is 7.01. The molecule has 2 aromatic heterocycles. The number of para-hydroxylation sites is 1. The molecule has 0 unspecified atom stereocenters. The molecule has 2 aromatic carbocycles. The van der Waals surface area contributed by atoms with Gasteiger partial charge in [-0.2, -0.15) is 0 Å². The van der Waals surface area contributed by atoms with Crippen molar-refractivity contribution in [3.63, 3.8) is 0 Å². The molecule has 5 rings (SSSR count). The second kappa shape index (κ2) is 8.21. The van der Waals surface area contributed by atoms with Gasteiger partial charge in [0.25, 0.3) is 5.56 Å². The van der Waals surface area contributed by atoms with Crippen LogP contribution in [0, 0.1) is 5.92 Å². The minimum atomic E-state index is 0.155. The Balaban J connectivity index is 1.50. The van der Waals surface area contributed by atoms with Gasteiger partial charge in [-0.1, -0.05) is 38.1 Å². The second-order valence-corrected chi connectivity index (χ2v) is 9.87. The molecule has 1 aliphatic heterocycles. The van der Waals surface area contributed by atoms with Crippen LogP contribution in [0.4, 0.5) is 0 Å². The number of nitrogens with one attached hydrogen (secondary N) is 1. The first kappa shape index (κ1) is 20.4. The summed E-state index contributed by atoms with van der Waals surface area (Å²) in [5, 5.41) is 2.49. The third kappa shape index (κ3) is 3.81. The number of rotatable bonds is 5. The summed E-state index contributed by atoms with van der Waals surface area (Å²) in [5.41, 5.74) is 6.04. The van der Waals surface area contributed by atoms with Crippen molar-refractivity contribution in [1.82, 2.24) is 14.5 Å². The van der Waals surface area contributed by atoms with E-state index in [1.807, 2.05) is 4.57 Å². The van der Waals surface area contributed by atoms with Gasteiger partial charge in [0.15, 0.2) is 0 Å². The number of thioether (sulfide) groups is 1. The van der Waals surface area contributed by atoms with Crippen molar-refractivity contribution in [1.29, 1.82) is 0 Å². The normalized spacial score (nSPS) is 14.6. The largest absolute Gasteiger partial charge is 0.357 e. The molecule has 0 fully saturated rings. The van der Waals surface area contributed by atoms with Crippen LogP contribution in [0.2, 0.25) is 0 Å². The molecule has 4 nitrogen and oxygen atoms in total. The van der Waals surface area contributed by atoms with E-state index < -0.39 is 0 Å². The second-order valence-electron chi connectivity index (χ2n) is 8.99. The van der Waals surface area contributed by atoms with Crippen LogP contribution < -0.4 is 5.56 Å². The Labute approximate surface area is 187 Å². The van der Waals surface area contributed by atoms with Crippen LogP contribution in [-0.2, 0) is 26.1 Å². The van der Waals surface area contributed by atoms with E-state index in [1.165, 1.54) is 27.1 Å². The number of fused-ring (bicyclic) bond motifs is 4. The summed E-state index contributed by atoms with van der Waals surface area (Å²) in [6.45, 7) is 7.61. The first-order valence-corrected chi connectivity index (χ1v) is 12.3. The highest BCUT2D eigenvalue weighted by Crippen LogP contribution is 2.28. The van der Waals surface area contributed by atoms with Gasteiger partial charge in [0, 0.05) is 53.2 Å². The molecule has 160 valence electrons. The van der Waals surface area contributed by atoms with Crippen molar-refractivity contribution in [2.24, 2.45) is 5.92 Å². The van der Waals surface area contributed by atoms with E-state index in [-0.39, 0.29) is 5.56 Å². The summed E-state index contributed by atoms with van der Waals surface area (Å²) < 4.78 is 1.99. The Morgan fingerprint density at radius 1 is 1.13 bits per heavy atom. The van der Waals surface area contributed by atoms with E-state index in [0.29, 0.717) is 12.5 Å². The zero-order valence-corrected chi connectivity index (χ0v) is 19.3. The van der Waals surface area contributed by atoms with Gasteiger partial charge >= 0.3 is 0 Å².